The summed E-state index contributed by atoms with van der Waals surface area (Å²) in [5.41, 5.74) is 0. The van der Waals surface area contributed by atoms with Gasteiger partial charge in [-0.05, 0) is 116 Å². The van der Waals surface area contributed by atoms with Crippen LogP contribution in [0.3, 0.4) is 0 Å². The summed E-state index contributed by atoms with van der Waals surface area (Å²) >= 11 is 0. The van der Waals surface area contributed by atoms with E-state index in [4.69, 9.17) is 9.05 Å². The number of carbonyl (C=O) groups excluding carboxylic acids is 1. The molecule has 0 rings (SSSR count). The molecule has 0 aromatic heterocycles. The van der Waals surface area contributed by atoms with E-state index in [1.165, 1.54) is 0 Å². The van der Waals surface area contributed by atoms with Crippen molar-refractivity contribution in [1.29, 1.82) is 0 Å². The summed E-state index contributed by atoms with van der Waals surface area (Å²) in [4.78, 5) is 23.1. The number of aliphatic hydroxyl groups excluding tert-OH is 1. The fraction of sp³-hybridized carbons (Fsp3) is 0.526. The van der Waals surface area contributed by atoms with Crippen LogP contribution in [0.4, 0.5) is 0 Å². The van der Waals surface area contributed by atoms with Gasteiger partial charge in [0, 0.05) is 6.42 Å². The highest BCUT2D eigenvalue weighted by Gasteiger charge is 2.27. The molecule has 0 fully saturated rings. The summed E-state index contributed by atoms with van der Waals surface area (Å²) < 4.78 is 23.5. The highest BCUT2D eigenvalue weighted by Crippen LogP contribution is 2.43. The van der Waals surface area contributed by atoms with Gasteiger partial charge in [0.2, 0.25) is 5.91 Å². The first kappa shape index (κ1) is 62.1. The fourth-order valence-corrected chi connectivity index (χ4v) is 6.55. The quantitative estimate of drug-likeness (QED) is 0.0244. The van der Waals surface area contributed by atoms with Gasteiger partial charge < -0.3 is 19.8 Å². The number of nitrogens with one attached hydrogen (secondary N) is 1. The van der Waals surface area contributed by atoms with Crippen LogP contribution in [0.15, 0.2) is 158 Å². The molecule has 0 aromatic carbocycles. The monoisotopic (exact) mass is 932 g/mol. The number of likely N-dealkylation sites (N-methyl/N-ethyl adjacent to an activating group) is 1. The molecule has 3 atom stereocenters. The Morgan fingerprint density at radius 1 is 0.530 bits per heavy atom. The number of quaternary nitrogens is 1. The molecule has 0 saturated heterocycles. The molecule has 0 spiro atoms. The molecule has 0 aromatic rings. The van der Waals surface area contributed by atoms with Gasteiger partial charge in [-0.2, -0.15) is 0 Å². The zero-order chi connectivity index (χ0) is 48.5. The number of allylic oxidation sites excluding steroid dienone is 25. The Labute approximate surface area is 403 Å². The second-order valence-electron chi connectivity index (χ2n) is 17.1. The summed E-state index contributed by atoms with van der Waals surface area (Å²) in [5, 5.41) is 13.7. The number of amides is 1. The second-order valence-corrected chi connectivity index (χ2v) is 18.5. The predicted molar refractivity (Wildman–Crippen MR) is 285 cm³/mol. The molecule has 370 valence electrons. The standard InChI is InChI=1S/C57H91N2O6P/c1-6-8-10-12-14-16-18-19-20-21-22-23-24-25-26-27-28-29-30-31-32-33-34-35-36-37-38-39-41-43-45-47-49-51-57(61)58-55(54-65-66(62,63)64-53-52-59(3,4)5)56(60)50-48-46-44-42-40-17-15-13-11-9-7-2/h8,10-11,13-14,16,19-20,22-23,25-26,28-29,31-32,34-35,37-38,40-43,48,50,55-56,60H,6-7,9,12,15,17-18,21,24,27,30,33,36,39,44-47,49,51-54H2,1-5H3,(H-,58,61,62,63)/p+1/b10-8-,13-11+,16-14-,20-19-,23-22-,26-25-,29-28-,32-31-,35-34-,38-37-,42-40+,43-41-,50-48+. The SMILES string of the molecule is CC/C=C\C/C=C\C/C=C\C/C=C\C/C=C\C/C=C\C/C=C\C/C=C\C/C=C\C/C=C\CCCCC(=O)NC(COP(=O)(O)OCC[N+](C)(C)C)C(O)/C=C/CC/C=C/CC/C=C/CCC. The first-order valence-corrected chi connectivity index (χ1v) is 26.4. The number of hydrogen-bond acceptors (Lipinski definition) is 5. The zero-order valence-electron chi connectivity index (χ0n) is 41.9. The first-order chi connectivity index (χ1) is 32.0. The number of phosphoric ester groups is 1. The Morgan fingerprint density at radius 3 is 1.32 bits per heavy atom. The Kier molecular flexibility index (Phi) is 43.5. The Morgan fingerprint density at radius 2 is 0.909 bits per heavy atom. The van der Waals surface area contributed by atoms with Crippen molar-refractivity contribution in [2.45, 2.75) is 154 Å². The van der Waals surface area contributed by atoms with E-state index in [9.17, 15) is 19.4 Å². The van der Waals surface area contributed by atoms with Crippen molar-refractivity contribution in [1.82, 2.24) is 5.32 Å². The number of unbranched alkanes of at least 4 members (excludes halogenated alkanes) is 5. The lowest BCUT2D eigenvalue weighted by atomic mass is 10.1. The molecule has 0 radical (unpaired) electrons. The smallest absolute Gasteiger partial charge is 0.387 e. The first-order valence-electron chi connectivity index (χ1n) is 24.9. The third kappa shape index (κ3) is 48.1. The van der Waals surface area contributed by atoms with Crippen molar-refractivity contribution in [3.8, 4) is 0 Å². The van der Waals surface area contributed by atoms with Crippen molar-refractivity contribution in [2.75, 3.05) is 40.9 Å². The third-order valence-corrected chi connectivity index (χ3v) is 10.7. The molecule has 0 heterocycles. The minimum Gasteiger partial charge on any atom is -0.387 e. The summed E-state index contributed by atoms with van der Waals surface area (Å²) in [6.45, 7) is 4.51. The Bertz CT molecular complexity index is 1620. The molecule has 3 N–H and O–H groups in total. The number of rotatable bonds is 42. The highest BCUT2D eigenvalue weighted by molar-refractivity contribution is 7.47. The van der Waals surface area contributed by atoms with E-state index < -0.39 is 20.0 Å². The van der Waals surface area contributed by atoms with Gasteiger partial charge in [0.25, 0.3) is 0 Å². The number of nitrogens with zero attached hydrogens (tertiary/aromatic N) is 1. The topological polar surface area (TPSA) is 105 Å². The van der Waals surface area contributed by atoms with Crippen LogP contribution >= 0.6 is 7.82 Å². The molecule has 3 unspecified atom stereocenters. The lowest BCUT2D eigenvalue weighted by Gasteiger charge is -2.25. The fourth-order valence-electron chi connectivity index (χ4n) is 5.81. The molecule has 0 bridgehead atoms. The molecule has 0 aliphatic rings. The molecule has 0 saturated carbocycles. The van der Waals surface area contributed by atoms with Crippen LogP contribution in [-0.4, -0.2) is 73.4 Å². The number of phosphoric acid groups is 1. The van der Waals surface area contributed by atoms with Crippen molar-refractivity contribution in [3.63, 3.8) is 0 Å². The molecular formula is C57H92N2O6P+. The van der Waals surface area contributed by atoms with Crippen LogP contribution in [-0.2, 0) is 18.4 Å². The lowest BCUT2D eigenvalue weighted by molar-refractivity contribution is -0.870. The van der Waals surface area contributed by atoms with E-state index >= 15 is 0 Å². The van der Waals surface area contributed by atoms with Gasteiger partial charge in [0.15, 0.2) is 0 Å². The molecule has 0 aliphatic heterocycles. The van der Waals surface area contributed by atoms with Crippen LogP contribution in [0.2, 0.25) is 0 Å². The van der Waals surface area contributed by atoms with Gasteiger partial charge in [-0.15, -0.1) is 0 Å². The predicted octanol–water partition coefficient (Wildman–Crippen LogP) is 14.7. The molecule has 8 nitrogen and oxygen atoms in total. The van der Waals surface area contributed by atoms with Crippen LogP contribution in [0.1, 0.15) is 142 Å². The second kappa shape index (κ2) is 46.2. The van der Waals surface area contributed by atoms with E-state index in [0.717, 1.165) is 116 Å². The molecule has 9 heteroatoms. The van der Waals surface area contributed by atoms with E-state index in [1.54, 1.807) is 6.08 Å². The molecular weight excluding hydrogens is 840 g/mol. The highest BCUT2D eigenvalue weighted by atomic mass is 31.2. The lowest BCUT2D eigenvalue weighted by Crippen LogP contribution is -2.45. The molecule has 66 heavy (non-hydrogen) atoms. The summed E-state index contributed by atoms with van der Waals surface area (Å²) in [7, 11) is 1.48. The molecule has 1 amide bonds. The van der Waals surface area contributed by atoms with Crippen LogP contribution in [0.5, 0.6) is 0 Å². The van der Waals surface area contributed by atoms with E-state index in [-0.39, 0.29) is 25.5 Å². The van der Waals surface area contributed by atoms with Crippen molar-refractivity contribution < 1.29 is 32.9 Å². The number of aliphatic hydroxyl groups is 1. The van der Waals surface area contributed by atoms with Gasteiger partial charge in [-0.3, -0.25) is 13.8 Å². The van der Waals surface area contributed by atoms with Crippen molar-refractivity contribution in [3.05, 3.63) is 158 Å². The van der Waals surface area contributed by atoms with Gasteiger partial charge in [-0.1, -0.05) is 178 Å². The summed E-state index contributed by atoms with van der Waals surface area (Å²) in [6.07, 6.45) is 73.5. The average Bonchev–Trinajstić information content (AvgIpc) is 3.28. The average molecular weight is 932 g/mol. The maximum absolute atomic E-state index is 12.9. The normalized spacial score (nSPS) is 15.4. The number of carbonyl (C=O) groups is 1. The van der Waals surface area contributed by atoms with Gasteiger partial charge >= 0.3 is 7.82 Å². The van der Waals surface area contributed by atoms with E-state index in [0.29, 0.717) is 17.4 Å². The van der Waals surface area contributed by atoms with Crippen molar-refractivity contribution in [2.24, 2.45) is 0 Å². The summed E-state index contributed by atoms with van der Waals surface area (Å²) in [6, 6.07) is -0.904. The zero-order valence-corrected chi connectivity index (χ0v) is 42.7. The van der Waals surface area contributed by atoms with E-state index in [2.05, 4.69) is 165 Å². The van der Waals surface area contributed by atoms with Gasteiger partial charge in [-0.25, -0.2) is 4.57 Å². The van der Waals surface area contributed by atoms with Gasteiger partial charge in [0.1, 0.15) is 13.2 Å². The largest absolute Gasteiger partial charge is 0.472 e. The van der Waals surface area contributed by atoms with Crippen molar-refractivity contribution >= 4 is 13.7 Å². The van der Waals surface area contributed by atoms with E-state index in [1.807, 2.05) is 27.2 Å². The maximum Gasteiger partial charge on any atom is 0.472 e. The van der Waals surface area contributed by atoms with Gasteiger partial charge in [0.05, 0.1) is 39.9 Å². The minimum absolute atomic E-state index is 0.0348. The van der Waals surface area contributed by atoms with Crippen LogP contribution < -0.4 is 5.32 Å². The van der Waals surface area contributed by atoms with Crippen LogP contribution in [0.25, 0.3) is 0 Å². The van der Waals surface area contributed by atoms with Crippen LogP contribution in [0, 0.1) is 0 Å². The number of hydrogen-bond donors (Lipinski definition) is 3. The Balaban J connectivity index is 4.36. The molecule has 0 aliphatic carbocycles. The maximum atomic E-state index is 12.9. The Hall–Kier alpha value is -3.88. The summed E-state index contributed by atoms with van der Waals surface area (Å²) in [5.74, 6) is -0.244. The third-order valence-electron chi connectivity index (χ3n) is 9.69. The minimum atomic E-state index is -4.37.